The second-order valence-corrected chi connectivity index (χ2v) is 5.61. The van der Waals surface area contributed by atoms with E-state index in [2.05, 4.69) is 43.2 Å². The number of hydrogen-bond donors (Lipinski definition) is 1. The van der Waals surface area contributed by atoms with Gasteiger partial charge in [0.05, 0.1) is 12.2 Å². The van der Waals surface area contributed by atoms with E-state index in [0.29, 0.717) is 24.2 Å². The summed E-state index contributed by atoms with van der Waals surface area (Å²) in [6.07, 6.45) is 7.99. The van der Waals surface area contributed by atoms with Crippen molar-refractivity contribution < 1.29 is 4.74 Å². The van der Waals surface area contributed by atoms with Crippen LogP contribution in [-0.4, -0.2) is 29.8 Å². The van der Waals surface area contributed by atoms with Crippen LogP contribution in [0.25, 0.3) is 0 Å². The molecule has 1 saturated heterocycles. The van der Waals surface area contributed by atoms with Gasteiger partial charge in [0, 0.05) is 18.4 Å². The molecule has 1 aliphatic rings. The first-order chi connectivity index (χ1) is 9.22. The van der Waals surface area contributed by atoms with E-state index in [1.807, 2.05) is 12.4 Å². The lowest BCUT2D eigenvalue weighted by molar-refractivity contribution is 0.0268. The molecule has 106 valence electrons. The summed E-state index contributed by atoms with van der Waals surface area (Å²) in [6.45, 7) is 7.72. The molecule has 0 spiro atoms. The van der Waals surface area contributed by atoms with E-state index in [1.54, 1.807) is 0 Å². The van der Waals surface area contributed by atoms with Crippen LogP contribution in [0.5, 0.6) is 0 Å². The fraction of sp³-hybridized carbons (Fsp3) is 0.688. The van der Waals surface area contributed by atoms with E-state index in [1.165, 1.54) is 12.0 Å². The standard InChI is InChI=1S/C16H26N2O/c1-4-9-18-16(15-6-5-12(2)19-15)13(3)14-7-10-17-11-8-14/h7-8,10-13,15-16,18H,4-6,9H2,1-3H3. The molecule has 3 heteroatoms. The molecule has 1 aromatic rings. The van der Waals surface area contributed by atoms with Gasteiger partial charge in [0.1, 0.15) is 0 Å². The number of ether oxygens (including phenoxy) is 1. The Hall–Kier alpha value is -0.930. The van der Waals surface area contributed by atoms with Crippen LogP contribution in [0.3, 0.4) is 0 Å². The second kappa shape index (κ2) is 7.01. The van der Waals surface area contributed by atoms with Gasteiger partial charge in [0.2, 0.25) is 0 Å². The predicted octanol–water partition coefficient (Wildman–Crippen LogP) is 3.12. The maximum absolute atomic E-state index is 6.08. The zero-order valence-corrected chi connectivity index (χ0v) is 12.3. The number of aromatic nitrogens is 1. The van der Waals surface area contributed by atoms with E-state index in [9.17, 15) is 0 Å². The fourth-order valence-electron chi connectivity index (χ4n) is 2.91. The summed E-state index contributed by atoms with van der Waals surface area (Å²) < 4.78 is 6.08. The molecule has 4 unspecified atom stereocenters. The molecule has 0 bridgehead atoms. The van der Waals surface area contributed by atoms with Crippen molar-refractivity contribution in [3.8, 4) is 0 Å². The van der Waals surface area contributed by atoms with Crippen LogP contribution in [0.2, 0.25) is 0 Å². The van der Waals surface area contributed by atoms with Crippen LogP contribution in [0.4, 0.5) is 0 Å². The van der Waals surface area contributed by atoms with Gasteiger partial charge in [-0.15, -0.1) is 0 Å². The summed E-state index contributed by atoms with van der Waals surface area (Å²) in [6, 6.07) is 4.63. The first-order valence-electron chi connectivity index (χ1n) is 7.51. The minimum atomic E-state index is 0.338. The zero-order valence-electron chi connectivity index (χ0n) is 12.3. The summed E-state index contributed by atoms with van der Waals surface area (Å²) in [5, 5.41) is 3.68. The molecule has 4 atom stereocenters. The highest BCUT2D eigenvalue weighted by Gasteiger charge is 2.33. The van der Waals surface area contributed by atoms with E-state index < -0.39 is 0 Å². The Morgan fingerprint density at radius 2 is 2.11 bits per heavy atom. The van der Waals surface area contributed by atoms with Crippen molar-refractivity contribution in [2.75, 3.05) is 6.54 Å². The minimum Gasteiger partial charge on any atom is -0.374 e. The molecule has 1 fully saturated rings. The van der Waals surface area contributed by atoms with Crippen LogP contribution in [0.15, 0.2) is 24.5 Å². The number of hydrogen-bond acceptors (Lipinski definition) is 3. The molecule has 2 rings (SSSR count). The summed E-state index contributed by atoms with van der Waals surface area (Å²) in [7, 11) is 0. The molecule has 0 aromatic carbocycles. The maximum Gasteiger partial charge on any atom is 0.0738 e. The zero-order chi connectivity index (χ0) is 13.7. The lowest BCUT2D eigenvalue weighted by Crippen LogP contribution is -2.44. The predicted molar refractivity (Wildman–Crippen MR) is 78.3 cm³/mol. The molecular formula is C16H26N2O. The molecule has 0 saturated carbocycles. The summed E-state index contributed by atoms with van der Waals surface area (Å²) >= 11 is 0. The molecule has 1 N–H and O–H groups in total. The van der Waals surface area contributed by atoms with Crippen molar-refractivity contribution in [3.63, 3.8) is 0 Å². The lowest BCUT2D eigenvalue weighted by atomic mass is 9.89. The fourth-order valence-corrected chi connectivity index (χ4v) is 2.91. The molecule has 1 aromatic heterocycles. The molecule has 1 aliphatic heterocycles. The van der Waals surface area contributed by atoms with Gasteiger partial charge in [-0.25, -0.2) is 0 Å². The van der Waals surface area contributed by atoms with Crippen molar-refractivity contribution in [1.29, 1.82) is 0 Å². The molecule has 0 radical (unpaired) electrons. The first-order valence-corrected chi connectivity index (χ1v) is 7.51. The van der Waals surface area contributed by atoms with Crippen LogP contribution in [-0.2, 0) is 4.74 Å². The summed E-state index contributed by atoms with van der Waals surface area (Å²) in [5.41, 5.74) is 1.34. The van der Waals surface area contributed by atoms with Crippen LogP contribution >= 0.6 is 0 Å². The average Bonchev–Trinajstić information content (AvgIpc) is 2.86. The largest absolute Gasteiger partial charge is 0.374 e. The molecular weight excluding hydrogens is 236 g/mol. The van der Waals surface area contributed by atoms with E-state index in [0.717, 1.165) is 19.4 Å². The highest BCUT2D eigenvalue weighted by molar-refractivity contribution is 5.18. The Balaban J connectivity index is 2.08. The van der Waals surface area contributed by atoms with Gasteiger partial charge < -0.3 is 10.1 Å². The molecule has 0 amide bonds. The van der Waals surface area contributed by atoms with Crippen LogP contribution in [0, 0.1) is 0 Å². The van der Waals surface area contributed by atoms with Crippen LogP contribution < -0.4 is 5.32 Å². The number of rotatable bonds is 6. The van der Waals surface area contributed by atoms with Crippen molar-refractivity contribution >= 4 is 0 Å². The van der Waals surface area contributed by atoms with Gasteiger partial charge in [-0.3, -0.25) is 4.98 Å². The van der Waals surface area contributed by atoms with Gasteiger partial charge in [0.15, 0.2) is 0 Å². The molecule has 0 aliphatic carbocycles. The van der Waals surface area contributed by atoms with Gasteiger partial charge in [-0.2, -0.15) is 0 Å². The Morgan fingerprint density at radius 3 is 2.68 bits per heavy atom. The van der Waals surface area contributed by atoms with Crippen molar-refractivity contribution in [2.45, 2.75) is 64.2 Å². The quantitative estimate of drug-likeness (QED) is 0.855. The number of nitrogens with one attached hydrogen (secondary N) is 1. The number of nitrogens with zero attached hydrogens (tertiary/aromatic N) is 1. The van der Waals surface area contributed by atoms with Gasteiger partial charge in [-0.05, 0) is 56.3 Å². The Morgan fingerprint density at radius 1 is 1.37 bits per heavy atom. The molecule has 19 heavy (non-hydrogen) atoms. The SMILES string of the molecule is CCCNC(C1CCC(C)O1)C(C)c1ccncc1. The smallest absolute Gasteiger partial charge is 0.0738 e. The highest BCUT2D eigenvalue weighted by Crippen LogP contribution is 2.29. The van der Waals surface area contributed by atoms with Gasteiger partial charge in [0.25, 0.3) is 0 Å². The third-order valence-electron chi connectivity index (χ3n) is 4.07. The monoisotopic (exact) mass is 262 g/mol. The third-order valence-corrected chi connectivity index (χ3v) is 4.07. The Bertz CT molecular complexity index is 368. The minimum absolute atomic E-state index is 0.338. The first kappa shape index (κ1) is 14.5. The van der Waals surface area contributed by atoms with Gasteiger partial charge in [-0.1, -0.05) is 13.8 Å². The van der Waals surface area contributed by atoms with Crippen molar-refractivity contribution in [1.82, 2.24) is 10.3 Å². The summed E-state index contributed by atoms with van der Waals surface area (Å²) in [5.74, 6) is 0.449. The second-order valence-electron chi connectivity index (χ2n) is 5.61. The Kier molecular flexibility index (Phi) is 5.34. The van der Waals surface area contributed by atoms with Crippen LogP contribution in [0.1, 0.15) is 51.5 Å². The maximum atomic E-state index is 6.08. The third kappa shape index (κ3) is 3.77. The molecule has 2 heterocycles. The average molecular weight is 262 g/mol. The lowest BCUT2D eigenvalue weighted by Gasteiger charge is -2.30. The van der Waals surface area contributed by atoms with Gasteiger partial charge >= 0.3 is 0 Å². The normalized spacial score (nSPS) is 26.3. The molecule has 3 nitrogen and oxygen atoms in total. The van der Waals surface area contributed by atoms with Crippen molar-refractivity contribution in [2.24, 2.45) is 0 Å². The van der Waals surface area contributed by atoms with E-state index >= 15 is 0 Å². The summed E-state index contributed by atoms with van der Waals surface area (Å²) in [4.78, 5) is 4.11. The van der Waals surface area contributed by atoms with E-state index in [-0.39, 0.29) is 0 Å². The highest BCUT2D eigenvalue weighted by atomic mass is 16.5. The van der Waals surface area contributed by atoms with Crippen molar-refractivity contribution in [3.05, 3.63) is 30.1 Å². The topological polar surface area (TPSA) is 34.1 Å². The van der Waals surface area contributed by atoms with E-state index in [4.69, 9.17) is 4.74 Å². The number of pyridine rings is 1. The Labute approximate surface area is 116 Å².